The van der Waals surface area contributed by atoms with E-state index in [0.717, 1.165) is 18.2 Å². The molecule has 0 saturated carbocycles. The molecule has 0 aliphatic rings. The summed E-state index contributed by atoms with van der Waals surface area (Å²) in [6.07, 6.45) is 0.640. The van der Waals surface area contributed by atoms with Gasteiger partial charge in [0, 0.05) is 20.3 Å². The number of aliphatic hydroxyl groups is 1. The SMILES string of the molecule is CCNc1cccc(NC(CCO)COC)n1. The number of pyridine rings is 1. The van der Waals surface area contributed by atoms with Crippen LogP contribution in [-0.2, 0) is 4.74 Å². The van der Waals surface area contributed by atoms with Crippen molar-refractivity contribution in [1.29, 1.82) is 0 Å². The summed E-state index contributed by atoms with van der Waals surface area (Å²) in [6.45, 7) is 3.55. The maximum Gasteiger partial charge on any atom is 0.128 e. The van der Waals surface area contributed by atoms with E-state index in [2.05, 4.69) is 15.6 Å². The molecule has 1 heterocycles. The Morgan fingerprint density at radius 1 is 1.41 bits per heavy atom. The minimum absolute atomic E-state index is 0.0781. The van der Waals surface area contributed by atoms with Crippen LogP contribution in [0.5, 0.6) is 0 Å². The molecule has 96 valence electrons. The van der Waals surface area contributed by atoms with E-state index in [-0.39, 0.29) is 12.6 Å². The molecule has 0 aliphatic carbocycles. The molecule has 1 atom stereocenters. The van der Waals surface area contributed by atoms with Gasteiger partial charge in [0.1, 0.15) is 11.6 Å². The van der Waals surface area contributed by atoms with Gasteiger partial charge < -0.3 is 20.5 Å². The maximum atomic E-state index is 8.95. The molecular formula is C12H21N3O2. The summed E-state index contributed by atoms with van der Waals surface area (Å²) in [5, 5.41) is 15.3. The van der Waals surface area contributed by atoms with Gasteiger partial charge in [-0.15, -0.1) is 0 Å². The fraction of sp³-hybridized carbons (Fsp3) is 0.583. The number of methoxy groups -OCH3 is 1. The fourth-order valence-corrected chi connectivity index (χ4v) is 1.56. The van der Waals surface area contributed by atoms with Gasteiger partial charge in [-0.3, -0.25) is 0 Å². The van der Waals surface area contributed by atoms with E-state index in [9.17, 15) is 0 Å². The summed E-state index contributed by atoms with van der Waals surface area (Å²) in [7, 11) is 1.65. The second-order valence-corrected chi connectivity index (χ2v) is 3.75. The second-order valence-electron chi connectivity index (χ2n) is 3.75. The number of hydrogen-bond acceptors (Lipinski definition) is 5. The van der Waals surface area contributed by atoms with Crippen LogP contribution in [0.3, 0.4) is 0 Å². The number of nitrogens with one attached hydrogen (secondary N) is 2. The van der Waals surface area contributed by atoms with Crippen molar-refractivity contribution in [3.8, 4) is 0 Å². The third-order valence-electron chi connectivity index (χ3n) is 2.30. The molecule has 0 spiro atoms. The predicted octanol–water partition coefficient (Wildman–Crippen LogP) is 1.32. The summed E-state index contributed by atoms with van der Waals surface area (Å²) in [5.74, 6) is 1.64. The highest BCUT2D eigenvalue weighted by Crippen LogP contribution is 2.11. The van der Waals surface area contributed by atoms with Gasteiger partial charge in [0.05, 0.1) is 12.6 Å². The minimum Gasteiger partial charge on any atom is -0.396 e. The Labute approximate surface area is 102 Å². The lowest BCUT2D eigenvalue weighted by Gasteiger charge is -2.17. The highest BCUT2D eigenvalue weighted by Gasteiger charge is 2.08. The van der Waals surface area contributed by atoms with Crippen molar-refractivity contribution in [3.05, 3.63) is 18.2 Å². The molecule has 1 rings (SSSR count). The molecule has 0 fully saturated rings. The molecule has 1 aromatic heterocycles. The molecule has 0 amide bonds. The summed E-state index contributed by atoms with van der Waals surface area (Å²) in [5.41, 5.74) is 0. The second kappa shape index (κ2) is 7.86. The van der Waals surface area contributed by atoms with Crippen LogP contribution in [0.25, 0.3) is 0 Å². The zero-order valence-electron chi connectivity index (χ0n) is 10.4. The number of hydrogen-bond donors (Lipinski definition) is 3. The van der Waals surface area contributed by atoms with Gasteiger partial charge in [0.25, 0.3) is 0 Å². The van der Waals surface area contributed by atoms with Gasteiger partial charge in [-0.05, 0) is 25.5 Å². The first-order chi connectivity index (χ1) is 8.30. The molecule has 5 heteroatoms. The Hall–Kier alpha value is -1.33. The molecule has 5 nitrogen and oxygen atoms in total. The normalized spacial score (nSPS) is 12.2. The van der Waals surface area contributed by atoms with Crippen LogP contribution in [0.1, 0.15) is 13.3 Å². The maximum absolute atomic E-state index is 8.95. The lowest BCUT2D eigenvalue weighted by molar-refractivity contribution is 0.170. The topological polar surface area (TPSA) is 66.4 Å². The first kappa shape index (κ1) is 13.7. The Morgan fingerprint density at radius 3 is 2.82 bits per heavy atom. The fourth-order valence-electron chi connectivity index (χ4n) is 1.56. The third-order valence-corrected chi connectivity index (χ3v) is 2.30. The van der Waals surface area contributed by atoms with E-state index in [4.69, 9.17) is 9.84 Å². The van der Waals surface area contributed by atoms with Crippen molar-refractivity contribution < 1.29 is 9.84 Å². The zero-order valence-corrected chi connectivity index (χ0v) is 10.4. The Morgan fingerprint density at radius 2 is 2.18 bits per heavy atom. The van der Waals surface area contributed by atoms with E-state index in [1.807, 2.05) is 25.1 Å². The molecule has 0 aromatic carbocycles. The molecule has 0 saturated heterocycles. The first-order valence-corrected chi connectivity index (χ1v) is 5.87. The number of nitrogens with zero attached hydrogens (tertiary/aromatic N) is 1. The molecule has 0 bridgehead atoms. The van der Waals surface area contributed by atoms with Gasteiger partial charge in [-0.1, -0.05) is 6.07 Å². The van der Waals surface area contributed by atoms with Gasteiger partial charge >= 0.3 is 0 Å². The van der Waals surface area contributed by atoms with E-state index in [0.29, 0.717) is 13.0 Å². The molecule has 1 unspecified atom stereocenters. The van der Waals surface area contributed by atoms with Crippen LogP contribution >= 0.6 is 0 Å². The number of aliphatic hydroxyl groups excluding tert-OH is 1. The first-order valence-electron chi connectivity index (χ1n) is 5.87. The molecule has 17 heavy (non-hydrogen) atoms. The van der Waals surface area contributed by atoms with Gasteiger partial charge in [-0.2, -0.15) is 0 Å². The van der Waals surface area contributed by atoms with Crippen LogP contribution in [0, 0.1) is 0 Å². The van der Waals surface area contributed by atoms with Crippen molar-refractivity contribution in [2.75, 3.05) is 37.5 Å². The largest absolute Gasteiger partial charge is 0.396 e. The molecule has 0 aliphatic heterocycles. The molecular weight excluding hydrogens is 218 g/mol. The van der Waals surface area contributed by atoms with Crippen molar-refractivity contribution in [2.45, 2.75) is 19.4 Å². The standard InChI is InChI=1S/C12H21N3O2/c1-3-13-11-5-4-6-12(15-11)14-10(7-8-16)9-17-2/h4-6,10,16H,3,7-9H2,1-2H3,(H2,13,14,15). The Balaban J connectivity index is 2.60. The van der Waals surface area contributed by atoms with Crippen molar-refractivity contribution in [1.82, 2.24) is 4.98 Å². The lowest BCUT2D eigenvalue weighted by atomic mass is 10.2. The van der Waals surface area contributed by atoms with E-state index >= 15 is 0 Å². The van der Waals surface area contributed by atoms with E-state index < -0.39 is 0 Å². The minimum atomic E-state index is 0.0781. The Bertz CT molecular complexity index is 314. The number of ether oxygens (including phenoxy) is 1. The van der Waals surface area contributed by atoms with E-state index in [1.165, 1.54) is 0 Å². The monoisotopic (exact) mass is 239 g/mol. The zero-order chi connectivity index (χ0) is 12.5. The van der Waals surface area contributed by atoms with E-state index in [1.54, 1.807) is 7.11 Å². The average Bonchev–Trinajstić information content (AvgIpc) is 2.30. The van der Waals surface area contributed by atoms with Crippen LogP contribution in [-0.4, -0.2) is 43.0 Å². The van der Waals surface area contributed by atoms with Crippen molar-refractivity contribution >= 4 is 11.6 Å². The average molecular weight is 239 g/mol. The highest BCUT2D eigenvalue weighted by atomic mass is 16.5. The number of aromatic nitrogens is 1. The van der Waals surface area contributed by atoms with Crippen LogP contribution < -0.4 is 10.6 Å². The van der Waals surface area contributed by atoms with Gasteiger partial charge in [0.15, 0.2) is 0 Å². The molecule has 3 N–H and O–H groups in total. The number of anilines is 2. The van der Waals surface area contributed by atoms with Gasteiger partial charge in [-0.25, -0.2) is 4.98 Å². The third kappa shape index (κ3) is 5.01. The summed E-state index contributed by atoms with van der Waals surface area (Å²) in [6, 6.07) is 5.85. The summed E-state index contributed by atoms with van der Waals surface area (Å²) < 4.78 is 5.09. The van der Waals surface area contributed by atoms with Crippen molar-refractivity contribution in [2.24, 2.45) is 0 Å². The quantitative estimate of drug-likeness (QED) is 0.638. The smallest absolute Gasteiger partial charge is 0.128 e. The molecule has 0 radical (unpaired) electrons. The van der Waals surface area contributed by atoms with Crippen molar-refractivity contribution in [3.63, 3.8) is 0 Å². The number of rotatable bonds is 8. The Kier molecular flexibility index (Phi) is 6.35. The summed E-state index contributed by atoms with van der Waals surface area (Å²) in [4.78, 5) is 4.41. The van der Waals surface area contributed by atoms with Crippen LogP contribution in [0.15, 0.2) is 18.2 Å². The summed E-state index contributed by atoms with van der Waals surface area (Å²) >= 11 is 0. The lowest BCUT2D eigenvalue weighted by Crippen LogP contribution is -2.26. The molecule has 1 aromatic rings. The van der Waals surface area contributed by atoms with Gasteiger partial charge in [0.2, 0.25) is 0 Å². The predicted molar refractivity (Wildman–Crippen MR) is 69.4 cm³/mol. The van der Waals surface area contributed by atoms with Crippen LogP contribution in [0.2, 0.25) is 0 Å². The highest BCUT2D eigenvalue weighted by molar-refractivity contribution is 5.45. The van der Waals surface area contributed by atoms with Crippen LogP contribution in [0.4, 0.5) is 11.6 Å².